The van der Waals surface area contributed by atoms with Crippen LogP contribution in [0.1, 0.15) is 29.1 Å². The largest absolute Gasteiger partial charge is 0.478 e. The van der Waals surface area contributed by atoms with Crippen LogP contribution in [0.5, 0.6) is 0 Å². The summed E-state index contributed by atoms with van der Waals surface area (Å²) in [5.41, 5.74) is 0.760. The van der Waals surface area contributed by atoms with Gasteiger partial charge in [-0.2, -0.15) is 4.98 Å². The molecular weight excluding hydrogens is 358 g/mol. The van der Waals surface area contributed by atoms with Gasteiger partial charge in [-0.1, -0.05) is 18.2 Å². The summed E-state index contributed by atoms with van der Waals surface area (Å²) in [5.74, 6) is 0.473. The highest BCUT2D eigenvalue weighted by atomic mass is 32.2. The molecule has 0 bridgehead atoms. The third-order valence-corrected chi connectivity index (χ3v) is 4.25. The number of anilines is 1. The Morgan fingerprint density at radius 1 is 1.35 bits per heavy atom. The van der Waals surface area contributed by atoms with Crippen molar-refractivity contribution in [2.45, 2.75) is 20.1 Å². The molecule has 8 nitrogen and oxygen atoms in total. The Hall–Kier alpha value is -2.65. The lowest BCUT2D eigenvalue weighted by atomic mass is 10.1. The zero-order chi connectivity index (χ0) is 19.1. The van der Waals surface area contributed by atoms with Gasteiger partial charge in [-0.15, -0.1) is 11.8 Å². The van der Waals surface area contributed by atoms with Crippen LogP contribution in [0, 0.1) is 6.92 Å². The van der Waals surface area contributed by atoms with Crippen LogP contribution in [0.4, 0.5) is 5.82 Å². The molecule has 1 aliphatic rings. The number of hydrogen-bond donors (Lipinski definition) is 2. The number of aromatic carboxylic acids is 1. The zero-order valence-electron chi connectivity index (χ0n) is 14.3. The van der Waals surface area contributed by atoms with Gasteiger partial charge < -0.3 is 15.2 Å². The molecule has 0 aliphatic carbocycles. The topological polar surface area (TPSA) is 111 Å². The highest BCUT2D eigenvalue weighted by Crippen LogP contribution is 2.23. The number of amides is 1. The van der Waals surface area contributed by atoms with Crippen molar-refractivity contribution in [3.63, 3.8) is 0 Å². The monoisotopic (exact) mass is 377 g/mol. The molecule has 0 radical (unpaired) electrons. The van der Waals surface area contributed by atoms with Gasteiger partial charge >= 0.3 is 11.7 Å². The number of carbonyl (C=O) groups is 2. The normalized spacial score (nSPS) is 15.7. The van der Waals surface area contributed by atoms with Crippen LogP contribution in [-0.4, -0.2) is 38.2 Å². The minimum atomic E-state index is -0.863. The number of aromatic nitrogens is 2. The van der Waals surface area contributed by atoms with Gasteiger partial charge in [0.05, 0.1) is 11.5 Å². The van der Waals surface area contributed by atoms with Gasteiger partial charge in [0.2, 0.25) is 5.91 Å². The molecule has 1 atom stereocenters. The number of nitrogens with one attached hydrogen (secondary N) is 1. The second-order valence-corrected chi connectivity index (χ2v) is 6.39. The summed E-state index contributed by atoms with van der Waals surface area (Å²) >= 11 is 1.62. The second kappa shape index (κ2) is 9.16. The second-order valence-electron chi connectivity index (χ2n) is 5.41. The number of carboxylic acids is 1. The maximum absolute atomic E-state index is 11.6. The standard InChI is InChI=1S/C9H11N3O3S.C8H8O2/c1-6(13)10-7-2-3-12(9(14)11-7)8-4-16-5-15-8;1-6-4-2-3-5-7(6)8(9)10/h2-3,8H,4-5H2,1H3,(H,10,11,13,14);2-5H,1H3,(H,9,10)/t8-;/m0./s1. The van der Waals surface area contributed by atoms with Crippen molar-refractivity contribution in [1.29, 1.82) is 0 Å². The van der Waals surface area contributed by atoms with Crippen LogP contribution in [0.2, 0.25) is 0 Å². The number of ether oxygens (including phenoxy) is 1. The highest BCUT2D eigenvalue weighted by Gasteiger charge is 2.19. The number of carbonyl (C=O) groups excluding carboxylic acids is 1. The van der Waals surface area contributed by atoms with Crippen LogP contribution in [0.25, 0.3) is 0 Å². The summed E-state index contributed by atoms with van der Waals surface area (Å²) in [7, 11) is 0. The molecule has 2 heterocycles. The molecule has 138 valence electrons. The van der Waals surface area contributed by atoms with Gasteiger partial charge in [0.1, 0.15) is 12.0 Å². The predicted molar refractivity (Wildman–Crippen MR) is 98.4 cm³/mol. The first-order valence-corrected chi connectivity index (χ1v) is 8.89. The molecular formula is C17H19N3O5S. The van der Waals surface area contributed by atoms with Crippen molar-refractivity contribution in [2.24, 2.45) is 0 Å². The summed E-state index contributed by atoms with van der Waals surface area (Å²) in [6, 6.07) is 8.49. The van der Waals surface area contributed by atoms with E-state index >= 15 is 0 Å². The van der Waals surface area contributed by atoms with E-state index in [2.05, 4.69) is 10.3 Å². The van der Waals surface area contributed by atoms with Crippen molar-refractivity contribution >= 4 is 29.5 Å². The Balaban J connectivity index is 0.000000209. The molecule has 0 spiro atoms. The van der Waals surface area contributed by atoms with E-state index in [-0.39, 0.29) is 18.0 Å². The van der Waals surface area contributed by atoms with E-state index in [9.17, 15) is 14.4 Å². The van der Waals surface area contributed by atoms with Crippen LogP contribution in [0.3, 0.4) is 0 Å². The van der Waals surface area contributed by atoms with Crippen LogP contribution in [0.15, 0.2) is 41.3 Å². The molecule has 3 rings (SSSR count). The minimum Gasteiger partial charge on any atom is -0.478 e. The number of aryl methyl sites for hydroxylation is 1. The first kappa shape index (κ1) is 19.7. The van der Waals surface area contributed by atoms with Crippen LogP contribution < -0.4 is 11.0 Å². The highest BCUT2D eigenvalue weighted by molar-refractivity contribution is 7.99. The summed E-state index contributed by atoms with van der Waals surface area (Å²) in [4.78, 5) is 36.6. The molecule has 0 saturated carbocycles. The van der Waals surface area contributed by atoms with Crippen molar-refractivity contribution in [1.82, 2.24) is 9.55 Å². The van der Waals surface area contributed by atoms with E-state index < -0.39 is 11.7 Å². The molecule has 1 saturated heterocycles. The van der Waals surface area contributed by atoms with Crippen molar-refractivity contribution in [3.05, 3.63) is 58.1 Å². The number of hydrogen-bond acceptors (Lipinski definition) is 6. The van der Waals surface area contributed by atoms with E-state index in [0.717, 1.165) is 11.3 Å². The van der Waals surface area contributed by atoms with E-state index in [0.29, 0.717) is 11.5 Å². The zero-order valence-corrected chi connectivity index (χ0v) is 15.2. The quantitative estimate of drug-likeness (QED) is 0.843. The van der Waals surface area contributed by atoms with Gasteiger partial charge in [-0.25, -0.2) is 9.59 Å². The lowest BCUT2D eigenvalue weighted by Gasteiger charge is -2.11. The Morgan fingerprint density at radius 2 is 2.08 bits per heavy atom. The molecule has 1 amide bonds. The number of rotatable bonds is 3. The van der Waals surface area contributed by atoms with E-state index in [1.165, 1.54) is 11.5 Å². The summed E-state index contributed by atoms with van der Waals surface area (Å²) in [6.45, 7) is 3.15. The van der Waals surface area contributed by atoms with Crippen LogP contribution in [-0.2, 0) is 9.53 Å². The summed E-state index contributed by atoms with van der Waals surface area (Å²) in [5, 5.41) is 11.0. The van der Waals surface area contributed by atoms with Gasteiger partial charge in [0.25, 0.3) is 0 Å². The number of nitrogens with zero attached hydrogens (tertiary/aromatic N) is 2. The van der Waals surface area contributed by atoms with E-state index in [1.54, 1.807) is 49.1 Å². The first-order valence-electron chi connectivity index (χ1n) is 7.73. The fourth-order valence-electron chi connectivity index (χ4n) is 2.18. The van der Waals surface area contributed by atoms with Gasteiger partial charge in [0.15, 0.2) is 0 Å². The molecule has 1 aliphatic heterocycles. The fourth-order valence-corrected chi connectivity index (χ4v) is 2.99. The van der Waals surface area contributed by atoms with Crippen molar-refractivity contribution in [2.75, 3.05) is 17.0 Å². The molecule has 1 fully saturated rings. The molecule has 2 aromatic rings. The molecule has 2 N–H and O–H groups in total. The molecule has 9 heteroatoms. The predicted octanol–water partition coefficient (Wildman–Crippen LogP) is 2.11. The number of carboxylic acid groups (broad SMARTS) is 1. The van der Waals surface area contributed by atoms with E-state index in [4.69, 9.17) is 9.84 Å². The fraction of sp³-hybridized carbons (Fsp3) is 0.294. The third-order valence-electron chi connectivity index (χ3n) is 3.42. The Morgan fingerprint density at radius 3 is 2.58 bits per heavy atom. The summed E-state index contributed by atoms with van der Waals surface area (Å²) in [6.07, 6.45) is 1.33. The lowest BCUT2D eigenvalue weighted by Crippen LogP contribution is -2.28. The Kier molecular flexibility index (Phi) is 6.93. The lowest BCUT2D eigenvalue weighted by molar-refractivity contribution is -0.114. The minimum absolute atomic E-state index is 0.252. The number of thioether (sulfide) groups is 1. The van der Waals surface area contributed by atoms with Gasteiger partial charge in [-0.3, -0.25) is 9.36 Å². The average Bonchev–Trinajstić information content (AvgIpc) is 3.09. The maximum atomic E-state index is 11.6. The number of benzene rings is 1. The van der Waals surface area contributed by atoms with Crippen LogP contribution >= 0.6 is 11.8 Å². The third kappa shape index (κ3) is 5.43. The van der Waals surface area contributed by atoms with Crippen molar-refractivity contribution in [3.8, 4) is 0 Å². The summed E-state index contributed by atoms with van der Waals surface area (Å²) < 4.78 is 6.76. The smallest absolute Gasteiger partial charge is 0.351 e. The molecule has 26 heavy (non-hydrogen) atoms. The maximum Gasteiger partial charge on any atom is 0.351 e. The average molecular weight is 377 g/mol. The van der Waals surface area contributed by atoms with E-state index in [1.807, 2.05) is 6.07 Å². The Bertz CT molecular complexity index is 846. The van der Waals surface area contributed by atoms with Gasteiger partial charge in [-0.05, 0) is 24.6 Å². The Labute approximate surface area is 154 Å². The van der Waals surface area contributed by atoms with Crippen molar-refractivity contribution < 1.29 is 19.4 Å². The SMILES string of the molecule is CC(=O)Nc1ccn([C@@H]2CSCO2)c(=O)n1.Cc1ccccc1C(=O)O. The first-order chi connectivity index (χ1) is 12.4. The van der Waals surface area contributed by atoms with Gasteiger partial charge in [0, 0.05) is 18.9 Å². The molecule has 1 aromatic carbocycles. The molecule has 0 unspecified atom stereocenters. The molecule has 1 aromatic heterocycles.